The third kappa shape index (κ3) is 3.28. The number of imidazole rings is 1. The van der Waals surface area contributed by atoms with Gasteiger partial charge in [-0.3, -0.25) is 4.40 Å². The smallest absolute Gasteiger partial charge is 0.416 e. The lowest BCUT2D eigenvalue weighted by molar-refractivity contribution is -0.138. The van der Waals surface area contributed by atoms with Crippen LogP contribution in [0.25, 0.3) is 5.65 Å². The maximum absolute atomic E-state index is 13.1. The maximum Gasteiger partial charge on any atom is 0.416 e. The first kappa shape index (κ1) is 16.8. The number of aromatic nitrogens is 2. The number of carboxylic acid groups (broad SMARTS) is 1. The van der Waals surface area contributed by atoms with Crippen molar-refractivity contribution in [3.05, 3.63) is 65.1 Å². The molecule has 0 saturated heterocycles. The number of carbonyl (C=O) groups is 1. The minimum Gasteiger partial charge on any atom is -0.476 e. The summed E-state index contributed by atoms with van der Waals surface area (Å²) in [7, 11) is 0. The van der Waals surface area contributed by atoms with Gasteiger partial charge in [0, 0.05) is 18.9 Å². The van der Waals surface area contributed by atoms with Crippen molar-refractivity contribution in [2.24, 2.45) is 0 Å². The second-order valence-electron chi connectivity index (χ2n) is 5.57. The third-order valence-electron chi connectivity index (χ3n) is 3.80. The number of halogens is 3. The average Bonchev–Trinajstić information content (AvgIpc) is 2.99. The maximum atomic E-state index is 13.1. The molecule has 1 aromatic carbocycles. The Balaban J connectivity index is 1.98. The average molecular weight is 349 g/mol. The van der Waals surface area contributed by atoms with Gasteiger partial charge in [0.1, 0.15) is 5.65 Å². The molecule has 3 rings (SSSR count). The van der Waals surface area contributed by atoms with Crippen molar-refractivity contribution in [2.45, 2.75) is 19.6 Å². The lowest BCUT2D eigenvalue weighted by atomic mass is 10.0. The van der Waals surface area contributed by atoms with Crippen LogP contribution >= 0.6 is 0 Å². The highest BCUT2D eigenvalue weighted by Crippen LogP contribution is 2.33. The summed E-state index contributed by atoms with van der Waals surface area (Å²) in [5, 5.41) is 12.2. The summed E-state index contributed by atoms with van der Waals surface area (Å²) in [5.74, 6) is -1.20. The van der Waals surface area contributed by atoms with Gasteiger partial charge >= 0.3 is 12.1 Å². The molecule has 0 aliphatic rings. The number of fused-ring (bicyclic) bond motifs is 1. The molecule has 2 aromatic heterocycles. The van der Waals surface area contributed by atoms with Gasteiger partial charge in [0.2, 0.25) is 0 Å². The number of nitrogens with one attached hydrogen (secondary N) is 1. The standard InChI is InChI=1S/C17H14F3N3O2/c1-10-2-3-12(17(18,19)20)11(8-10)9-22-13-4-5-14-21-6-7-23(14)15(13)16(24)25/h2-8,22H,9H2,1H3,(H,24,25). The van der Waals surface area contributed by atoms with Gasteiger partial charge in [0.25, 0.3) is 0 Å². The van der Waals surface area contributed by atoms with E-state index < -0.39 is 17.7 Å². The molecule has 2 N–H and O–H groups in total. The summed E-state index contributed by atoms with van der Waals surface area (Å²) < 4.78 is 40.8. The SMILES string of the molecule is Cc1ccc(C(F)(F)F)c(CNc2ccc3nccn3c2C(=O)O)c1. The van der Waals surface area contributed by atoms with Crippen LogP contribution in [0.15, 0.2) is 42.7 Å². The molecule has 0 amide bonds. The van der Waals surface area contributed by atoms with Crippen LogP contribution in [0.1, 0.15) is 27.2 Å². The highest BCUT2D eigenvalue weighted by atomic mass is 19.4. The molecule has 8 heteroatoms. The van der Waals surface area contributed by atoms with Crippen LogP contribution < -0.4 is 5.32 Å². The van der Waals surface area contributed by atoms with Crippen LogP contribution in [0, 0.1) is 6.92 Å². The first-order valence-corrected chi connectivity index (χ1v) is 7.37. The Hall–Kier alpha value is -3.03. The van der Waals surface area contributed by atoms with E-state index in [0.717, 1.165) is 6.07 Å². The van der Waals surface area contributed by atoms with E-state index in [1.165, 1.54) is 35.0 Å². The highest BCUT2D eigenvalue weighted by molar-refractivity contribution is 5.93. The van der Waals surface area contributed by atoms with E-state index in [0.29, 0.717) is 11.2 Å². The van der Waals surface area contributed by atoms with Crippen LogP contribution in [0.3, 0.4) is 0 Å². The molecule has 130 valence electrons. The van der Waals surface area contributed by atoms with E-state index in [2.05, 4.69) is 10.3 Å². The molecule has 25 heavy (non-hydrogen) atoms. The number of hydrogen-bond donors (Lipinski definition) is 2. The topological polar surface area (TPSA) is 66.6 Å². The Kier molecular flexibility index (Phi) is 4.12. The van der Waals surface area contributed by atoms with Crippen LogP contribution in [-0.4, -0.2) is 20.5 Å². The quantitative estimate of drug-likeness (QED) is 0.748. The van der Waals surface area contributed by atoms with Gasteiger partial charge in [-0.1, -0.05) is 17.7 Å². The number of pyridine rings is 1. The normalized spacial score (nSPS) is 11.7. The number of carboxylic acids is 1. The van der Waals surface area contributed by atoms with E-state index in [1.807, 2.05) is 0 Å². The largest absolute Gasteiger partial charge is 0.476 e. The van der Waals surface area contributed by atoms with E-state index >= 15 is 0 Å². The fourth-order valence-electron chi connectivity index (χ4n) is 2.69. The van der Waals surface area contributed by atoms with Gasteiger partial charge < -0.3 is 10.4 Å². The van der Waals surface area contributed by atoms with E-state index in [9.17, 15) is 23.1 Å². The van der Waals surface area contributed by atoms with Gasteiger partial charge in [0.15, 0.2) is 5.69 Å². The molecule has 0 radical (unpaired) electrons. The summed E-state index contributed by atoms with van der Waals surface area (Å²) in [6.07, 6.45) is -1.54. The molecule has 0 aliphatic heterocycles. The third-order valence-corrected chi connectivity index (χ3v) is 3.80. The number of alkyl halides is 3. The zero-order valence-corrected chi connectivity index (χ0v) is 13.1. The first-order chi connectivity index (χ1) is 11.8. The van der Waals surface area contributed by atoms with Crippen molar-refractivity contribution >= 4 is 17.3 Å². The van der Waals surface area contributed by atoms with Gasteiger partial charge in [-0.05, 0) is 30.7 Å². The molecular formula is C17H14F3N3O2. The second-order valence-corrected chi connectivity index (χ2v) is 5.57. The van der Waals surface area contributed by atoms with Crippen LogP contribution in [-0.2, 0) is 12.7 Å². The van der Waals surface area contributed by atoms with E-state index in [-0.39, 0.29) is 23.5 Å². The Morgan fingerprint density at radius 1 is 1.28 bits per heavy atom. The summed E-state index contributed by atoms with van der Waals surface area (Å²) >= 11 is 0. The molecule has 0 bridgehead atoms. The number of anilines is 1. The molecule has 0 aliphatic carbocycles. The number of rotatable bonds is 4. The number of nitrogens with zero attached hydrogens (tertiary/aromatic N) is 2. The Bertz CT molecular complexity index is 948. The van der Waals surface area contributed by atoms with E-state index in [4.69, 9.17) is 0 Å². The Morgan fingerprint density at radius 3 is 2.72 bits per heavy atom. The van der Waals surface area contributed by atoms with Crippen LogP contribution in [0.4, 0.5) is 18.9 Å². The van der Waals surface area contributed by atoms with Crippen molar-refractivity contribution in [3.63, 3.8) is 0 Å². The molecule has 5 nitrogen and oxygen atoms in total. The molecular weight excluding hydrogens is 335 g/mol. The van der Waals surface area contributed by atoms with Crippen LogP contribution in [0.2, 0.25) is 0 Å². The molecule has 0 saturated carbocycles. The Labute approximate surface area is 140 Å². The van der Waals surface area contributed by atoms with Crippen molar-refractivity contribution < 1.29 is 23.1 Å². The molecule has 3 aromatic rings. The predicted molar refractivity (Wildman–Crippen MR) is 85.7 cm³/mol. The monoisotopic (exact) mass is 349 g/mol. The highest BCUT2D eigenvalue weighted by Gasteiger charge is 2.33. The zero-order valence-electron chi connectivity index (χ0n) is 13.1. The lowest BCUT2D eigenvalue weighted by Crippen LogP contribution is -2.14. The van der Waals surface area contributed by atoms with Gasteiger partial charge in [0.05, 0.1) is 11.3 Å². The molecule has 0 fully saturated rings. The first-order valence-electron chi connectivity index (χ1n) is 7.37. The molecule has 2 heterocycles. The van der Waals surface area contributed by atoms with Crippen LogP contribution in [0.5, 0.6) is 0 Å². The minimum absolute atomic E-state index is 0.0505. The fourth-order valence-corrected chi connectivity index (χ4v) is 2.69. The van der Waals surface area contributed by atoms with Crippen molar-refractivity contribution in [3.8, 4) is 0 Å². The van der Waals surface area contributed by atoms with Gasteiger partial charge in [-0.2, -0.15) is 13.2 Å². The molecule has 0 spiro atoms. The summed E-state index contributed by atoms with van der Waals surface area (Å²) in [6.45, 7) is 1.54. The zero-order chi connectivity index (χ0) is 18.2. The van der Waals surface area contributed by atoms with Crippen molar-refractivity contribution in [1.29, 1.82) is 0 Å². The molecule has 0 atom stereocenters. The van der Waals surface area contributed by atoms with Gasteiger partial charge in [-0.15, -0.1) is 0 Å². The predicted octanol–water partition coefficient (Wildman–Crippen LogP) is 3.97. The number of hydrogen-bond acceptors (Lipinski definition) is 3. The number of aryl methyl sites for hydroxylation is 1. The summed E-state index contributed by atoms with van der Waals surface area (Å²) in [6, 6.07) is 6.95. The minimum atomic E-state index is -4.48. The van der Waals surface area contributed by atoms with Crippen molar-refractivity contribution in [1.82, 2.24) is 9.38 Å². The van der Waals surface area contributed by atoms with E-state index in [1.54, 1.807) is 13.0 Å². The number of benzene rings is 1. The number of aromatic carboxylic acids is 1. The second kappa shape index (κ2) is 6.12. The molecule has 0 unspecified atom stereocenters. The van der Waals surface area contributed by atoms with Gasteiger partial charge in [-0.25, -0.2) is 9.78 Å². The lowest BCUT2D eigenvalue weighted by Gasteiger charge is -2.16. The Morgan fingerprint density at radius 2 is 2.04 bits per heavy atom. The summed E-state index contributed by atoms with van der Waals surface area (Å²) in [5.41, 5.74) is 0.562. The van der Waals surface area contributed by atoms with Crippen molar-refractivity contribution in [2.75, 3.05) is 5.32 Å². The fraction of sp³-hybridized carbons (Fsp3) is 0.176. The summed E-state index contributed by atoms with van der Waals surface area (Å²) in [4.78, 5) is 15.6.